The van der Waals surface area contributed by atoms with Gasteiger partial charge in [0.25, 0.3) is 5.91 Å². The van der Waals surface area contributed by atoms with Gasteiger partial charge in [-0.15, -0.1) is 0 Å². The Hall–Kier alpha value is -2.34. The number of hydrogen-bond acceptors (Lipinski definition) is 5. The van der Waals surface area contributed by atoms with Crippen molar-refractivity contribution in [3.8, 4) is 5.75 Å². The third kappa shape index (κ3) is 3.76. The van der Waals surface area contributed by atoms with Crippen LogP contribution in [0.4, 0.5) is 0 Å². The highest BCUT2D eigenvalue weighted by atomic mass is 16.5. The second kappa shape index (κ2) is 7.49. The zero-order valence-electron chi connectivity index (χ0n) is 13.8. The third-order valence-electron chi connectivity index (χ3n) is 4.36. The average Bonchev–Trinajstić information content (AvgIpc) is 2.61. The molecule has 3 rings (SSSR count). The van der Waals surface area contributed by atoms with Crippen LogP contribution in [0.25, 0.3) is 11.0 Å². The lowest BCUT2D eigenvalue weighted by Crippen LogP contribution is -2.37. The quantitative estimate of drug-likeness (QED) is 0.849. The molecule has 1 aromatic heterocycles. The first-order chi connectivity index (χ1) is 11.7. The molecule has 1 aromatic carbocycles. The number of piperidine rings is 1. The molecule has 1 fully saturated rings. The number of amides is 1. The zero-order chi connectivity index (χ0) is 16.9. The Morgan fingerprint density at radius 1 is 1.25 bits per heavy atom. The number of likely N-dealkylation sites (tertiary alicyclic amines) is 1. The van der Waals surface area contributed by atoms with E-state index in [4.69, 9.17) is 9.15 Å². The summed E-state index contributed by atoms with van der Waals surface area (Å²) in [5.74, 6) is 0.323. The van der Waals surface area contributed by atoms with Crippen molar-refractivity contribution in [2.24, 2.45) is 0 Å². The normalized spacial score (nSPS) is 15.4. The molecule has 1 saturated heterocycles. The number of nitrogens with one attached hydrogen (secondary N) is 1. The first-order valence-corrected chi connectivity index (χ1v) is 8.30. The number of hydrogen-bond donors (Lipinski definition) is 1. The number of nitrogens with zero attached hydrogens (tertiary/aromatic N) is 1. The Bertz CT molecular complexity index is 778. The predicted molar refractivity (Wildman–Crippen MR) is 91.7 cm³/mol. The molecule has 0 unspecified atom stereocenters. The maximum atomic E-state index is 12.5. The molecule has 0 atom stereocenters. The van der Waals surface area contributed by atoms with Crippen LogP contribution in [0.3, 0.4) is 0 Å². The van der Waals surface area contributed by atoms with Crippen LogP contribution in [0.2, 0.25) is 0 Å². The lowest BCUT2D eigenvalue weighted by molar-refractivity contribution is 0.0947. The van der Waals surface area contributed by atoms with E-state index < -0.39 is 5.63 Å². The fourth-order valence-corrected chi connectivity index (χ4v) is 3.06. The lowest BCUT2D eigenvalue weighted by Gasteiger charge is -2.26. The molecule has 0 aliphatic carbocycles. The van der Waals surface area contributed by atoms with Crippen molar-refractivity contribution in [2.45, 2.75) is 19.3 Å². The summed E-state index contributed by atoms with van der Waals surface area (Å²) >= 11 is 0. The Morgan fingerprint density at radius 2 is 2.04 bits per heavy atom. The highest BCUT2D eigenvalue weighted by Crippen LogP contribution is 2.22. The molecule has 24 heavy (non-hydrogen) atoms. The highest BCUT2D eigenvalue weighted by molar-refractivity contribution is 6.05. The highest BCUT2D eigenvalue weighted by Gasteiger charge is 2.15. The summed E-state index contributed by atoms with van der Waals surface area (Å²) in [6.07, 6.45) is 3.73. The van der Waals surface area contributed by atoms with Gasteiger partial charge in [0.2, 0.25) is 0 Å². The molecule has 128 valence electrons. The average molecular weight is 330 g/mol. The van der Waals surface area contributed by atoms with Gasteiger partial charge in [-0.2, -0.15) is 0 Å². The molecule has 0 radical (unpaired) electrons. The monoisotopic (exact) mass is 330 g/mol. The standard InChI is InChI=1S/C18H22N2O4/c1-23-13-5-6-14-15(12-17(21)24-16(14)11-13)18(22)19-7-10-20-8-3-2-4-9-20/h5-6,11-12H,2-4,7-10H2,1H3,(H,19,22). The molecular weight excluding hydrogens is 308 g/mol. The SMILES string of the molecule is COc1ccc2c(C(=O)NCCN3CCCCC3)cc(=O)oc2c1. The van der Waals surface area contributed by atoms with Crippen molar-refractivity contribution in [1.29, 1.82) is 0 Å². The fourth-order valence-electron chi connectivity index (χ4n) is 3.06. The minimum atomic E-state index is -0.545. The van der Waals surface area contributed by atoms with Crippen molar-refractivity contribution in [1.82, 2.24) is 10.2 Å². The first-order valence-electron chi connectivity index (χ1n) is 8.30. The Morgan fingerprint density at radius 3 is 2.79 bits per heavy atom. The van der Waals surface area contributed by atoms with Crippen LogP contribution >= 0.6 is 0 Å². The molecular formula is C18H22N2O4. The third-order valence-corrected chi connectivity index (χ3v) is 4.36. The van der Waals surface area contributed by atoms with Crippen molar-refractivity contribution < 1.29 is 13.9 Å². The number of methoxy groups -OCH3 is 1. The van der Waals surface area contributed by atoms with Crippen molar-refractivity contribution in [3.05, 3.63) is 40.2 Å². The second-order valence-electron chi connectivity index (χ2n) is 6.00. The molecule has 1 N–H and O–H groups in total. The first kappa shape index (κ1) is 16.5. The van der Waals surface area contributed by atoms with Crippen LogP contribution in [0.15, 0.2) is 33.5 Å². The van der Waals surface area contributed by atoms with Gasteiger partial charge in [-0.1, -0.05) is 6.42 Å². The Balaban J connectivity index is 1.72. The van der Waals surface area contributed by atoms with Gasteiger partial charge >= 0.3 is 5.63 Å². The van der Waals surface area contributed by atoms with Gasteiger partial charge in [-0.25, -0.2) is 4.79 Å². The van der Waals surface area contributed by atoms with Crippen LogP contribution in [-0.2, 0) is 0 Å². The molecule has 2 aromatic rings. The van der Waals surface area contributed by atoms with Crippen molar-refractivity contribution in [2.75, 3.05) is 33.3 Å². The van der Waals surface area contributed by atoms with Gasteiger partial charge in [0.15, 0.2) is 0 Å². The molecule has 0 bridgehead atoms. The maximum absolute atomic E-state index is 12.5. The van der Waals surface area contributed by atoms with Crippen LogP contribution in [-0.4, -0.2) is 44.1 Å². The maximum Gasteiger partial charge on any atom is 0.337 e. The summed E-state index contributed by atoms with van der Waals surface area (Å²) in [6, 6.07) is 6.33. The summed E-state index contributed by atoms with van der Waals surface area (Å²) in [4.78, 5) is 26.6. The Kier molecular flexibility index (Phi) is 5.15. The van der Waals surface area contributed by atoms with Gasteiger partial charge in [0.1, 0.15) is 11.3 Å². The van der Waals surface area contributed by atoms with Crippen LogP contribution in [0.1, 0.15) is 29.6 Å². The molecule has 6 nitrogen and oxygen atoms in total. The van der Waals surface area contributed by atoms with Crippen LogP contribution in [0, 0.1) is 0 Å². The van der Waals surface area contributed by atoms with Gasteiger partial charge < -0.3 is 19.4 Å². The number of rotatable bonds is 5. The molecule has 0 spiro atoms. The molecule has 6 heteroatoms. The van der Waals surface area contributed by atoms with E-state index in [1.54, 1.807) is 18.2 Å². The van der Waals surface area contributed by atoms with Crippen molar-refractivity contribution >= 4 is 16.9 Å². The van der Waals surface area contributed by atoms with Gasteiger partial charge in [-0.05, 0) is 38.1 Å². The van der Waals surface area contributed by atoms with Crippen molar-refractivity contribution in [3.63, 3.8) is 0 Å². The van der Waals surface area contributed by atoms with E-state index >= 15 is 0 Å². The number of fused-ring (bicyclic) bond motifs is 1. The van der Waals surface area contributed by atoms with Crippen LogP contribution in [0.5, 0.6) is 5.75 Å². The van der Waals surface area contributed by atoms with E-state index in [1.807, 2.05) is 0 Å². The summed E-state index contributed by atoms with van der Waals surface area (Å²) < 4.78 is 10.3. The number of carbonyl (C=O) groups excluding carboxylic acids is 1. The molecule has 1 amide bonds. The molecule has 1 aliphatic rings. The topological polar surface area (TPSA) is 71.8 Å². The van der Waals surface area contributed by atoms with E-state index in [2.05, 4.69) is 10.2 Å². The summed E-state index contributed by atoms with van der Waals surface area (Å²) in [5.41, 5.74) is 0.141. The van der Waals surface area contributed by atoms with E-state index in [-0.39, 0.29) is 5.91 Å². The number of carbonyl (C=O) groups is 1. The van der Waals surface area contributed by atoms with E-state index in [1.165, 1.54) is 32.4 Å². The number of ether oxygens (including phenoxy) is 1. The summed E-state index contributed by atoms with van der Waals surface area (Å²) in [6.45, 7) is 3.58. The largest absolute Gasteiger partial charge is 0.497 e. The van der Waals surface area contributed by atoms with E-state index in [9.17, 15) is 9.59 Å². The summed E-state index contributed by atoms with van der Waals surface area (Å²) in [7, 11) is 1.54. The molecule has 0 saturated carbocycles. The van der Waals surface area contributed by atoms with E-state index in [0.29, 0.717) is 28.8 Å². The van der Waals surface area contributed by atoms with Gasteiger partial charge in [-0.3, -0.25) is 4.79 Å². The number of benzene rings is 1. The van der Waals surface area contributed by atoms with Gasteiger partial charge in [0.05, 0.1) is 12.7 Å². The minimum Gasteiger partial charge on any atom is -0.497 e. The fraction of sp³-hybridized carbons (Fsp3) is 0.444. The summed E-state index contributed by atoms with van der Waals surface area (Å²) in [5, 5.41) is 3.50. The smallest absolute Gasteiger partial charge is 0.337 e. The van der Waals surface area contributed by atoms with Gasteiger partial charge in [0, 0.05) is 30.6 Å². The minimum absolute atomic E-state index is 0.255. The lowest BCUT2D eigenvalue weighted by atomic mass is 10.1. The second-order valence-corrected chi connectivity index (χ2v) is 6.00. The van der Waals surface area contributed by atoms with E-state index in [0.717, 1.165) is 19.6 Å². The Labute approximate surface area is 140 Å². The molecule has 1 aliphatic heterocycles. The zero-order valence-corrected chi connectivity index (χ0v) is 13.8. The predicted octanol–water partition coefficient (Wildman–Crippen LogP) is 2.02. The van der Waals surface area contributed by atoms with Crippen LogP contribution < -0.4 is 15.7 Å². The molecule has 2 heterocycles.